The second-order valence-electron chi connectivity index (χ2n) is 4.54. The molecule has 0 aromatic heterocycles. The van der Waals surface area contributed by atoms with Crippen LogP contribution in [0.4, 0.5) is 0 Å². The zero-order valence-corrected chi connectivity index (χ0v) is 11.5. The highest BCUT2D eigenvalue weighted by atomic mass is 16.5. The fourth-order valence-corrected chi connectivity index (χ4v) is 1.79. The van der Waals surface area contributed by atoms with Gasteiger partial charge in [-0.1, -0.05) is 6.07 Å². The Labute approximate surface area is 121 Å². The number of carbonyl (C=O) groups is 3. The van der Waals surface area contributed by atoms with E-state index in [1.54, 1.807) is 6.07 Å². The zero-order valence-electron chi connectivity index (χ0n) is 11.5. The molecule has 1 rings (SSSR count). The number of benzene rings is 1. The topological polar surface area (TPSA) is 127 Å². The van der Waals surface area contributed by atoms with Crippen molar-refractivity contribution in [2.24, 2.45) is 5.73 Å². The van der Waals surface area contributed by atoms with Gasteiger partial charge in [0.15, 0.2) is 0 Å². The van der Waals surface area contributed by atoms with Gasteiger partial charge in [-0.15, -0.1) is 0 Å². The van der Waals surface area contributed by atoms with Crippen LogP contribution < -0.4 is 10.5 Å². The summed E-state index contributed by atoms with van der Waals surface area (Å²) in [4.78, 5) is 33.4. The van der Waals surface area contributed by atoms with Gasteiger partial charge in [0.05, 0.1) is 7.11 Å². The molecule has 0 bridgehead atoms. The number of ketones is 1. The Bertz CT molecular complexity index is 554. The third kappa shape index (κ3) is 4.88. The fraction of sp³-hybridized carbons (Fsp3) is 0.357. The molecule has 0 radical (unpaired) electrons. The molecule has 4 N–H and O–H groups in total. The molecule has 1 atom stereocenters. The first-order valence-corrected chi connectivity index (χ1v) is 6.25. The van der Waals surface area contributed by atoms with Gasteiger partial charge < -0.3 is 20.7 Å². The number of carbonyl (C=O) groups excluding carboxylic acids is 1. The summed E-state index contributed by atoms with van der Waals surface area (Å²) in [6.45, 7) is 0. The average Bonchev–Trinajstić information content (AvgIpc) is 2.44. The minimum atomic E-state index is -1.15. The largest absolute Gasteiger partial charge is 0.496 e. The number of hydrogen-bond donors (Lipinski definition) is 3. The Morgan fingerprint density at radius 3 is 2.48 bits per heavy atom. The molecule has 0 aliphatic carbocycles. The van der Waals surface area contributed by atoms with Crippen LogP contribution in [0.5, 0.6) is 5.75 Å². The number of nitrogens with two attached hydrogens (primary N) is 1. The van der Waals surface area contributed by atoms with Crippen molar-refractivity contribution in [3.63, 3.8) is 0 Å². The molecule has 1 aromatic carbocycles. The molecule has 0 spiro atoms. The van der Waals surface area contributed by atoms with Crippen LogP contribution in [0.3, 0.4) is 0 Å². The Kier molecular flexibility index (Phi) is 5.86. The van der Waals surface area contributed by atoms with Crippen LogP contribution in [0.15, 0.2) is 18.2 Å². The van der Waals surface area contributed by atoms with E-state index in [-0.39, 0.29) is 36.4 Å². The SMILES string of the molecule is COc1ccc(CC(=O)CC[C@H](N)C(=O)O)cc1C(=O)O. The van der Waals surface area contributed by atoms with E-state index in [1.165, 1.54) is 19.2 Å². The second kappa shape index (κ2) is 7.39. The van der Waals surface area contributed by atoms with Gasteiger partial charge in [0.1, 0.15) is 23.1 Å². The smallest absolute Gasteiger partial charge is 0.339 e. The second-order valence-corrected chi connectivity index (χ2v) is 4.54. The lowest BCUT2D eigenvalue weighted by atomic mass is 10.0. The first-order chi connectivity index (χ1) is 9.85. The highest BCUT2D eigenvalue weighted by Crippen LogP contribution is 2.20. The first kappa shape index (κ1) is 16.6. The molecule has 7 heteroatoms. The molecule has 1 aromatic rings. The predicted octanol–water partition coefficient (Wildman–Crippen LogP) is 0.697. The van der Waals surface area contributed by atoms with Crippen LogP contribution in [0, 0.1) is 0 Å². The summed E-state index contributed by atoms with van der Waals surface area (Å²) in [7, 11) is 1.36. The van der Waals surface area contributed by atoms with Crippen molar-refractivity contribution in [2.75, 3.05) is 7.11 Å². The minimum Gasteiger partial charge on any atom is -0.496 e. The van der Waals surface area contributed by atoms with Gasteiger partial charge in [-0.2, -0.15) is 0 Å². The molecule has 0 unspecified atom stereocenters. The number of carboxylic acid groups (broad SMARTS) is 2. The van der Waals surface area contributed by atoms with Crippen molar-refractivity contribution < 1.29 is 29.3 Å². The van der Waals surface area contributed by atoms with Crippen molar-refractivity contribution in [1.29, 1.82) is 0 Å². The van der Waals surface area contributed by atoms with E-state index in [2.05, 4.69) is 0 Å². The maximum atomic E-state index is 11.7. The summed E-state index contributed by atoms with van der Waals surface area (Å²) < 4.78 is 4.92. The number of carboxylic acids is 2. The molecule has 0 saturated heterocycles. The normalized spacial score (nSPS) is 11.7. The van der Waals surface area contributed by atoms with Crippen LogP contribution >= 0.6 is 0 Å². The average molecular weight is 295 g/mol. The van der Waals surface area contributed by atoms with E-state index in [4.69, 9.17) is 20.7 Å². The Hall–Kier alpha value is -2.41. The van der Waals surface area contributed by atoms with Gasteiger partial charge in [-0.25, -0.2) is 4.79 Å². The lowest BCUT2D eigenvalue weighted by molar-refractivity contribution is -0.138. The molecule has 0 amide bonds. The van der Waals surface area contributed by atoms with E-state index in [9.17, 15) is 14.4 Å². The molecule has 0 saturated carbocycles. The van der Waals surface area contributed by atoms with Gasteiger partial charge in [-0.05, 0) is 24.1 Å². The lowest BCUT2D eigenvalue weighted by Crippen LogP contribution is -2.30. The van der Waals surface area contributed by atoms with Gasteiger partial charge in [0.2, 0.25) is 0 Å². The molecular weight excluding hydrogens is 278 g/mol. The standard InChI is InChI=1S/C14H17NO6/c1-21-12-5-2-8(7-10(12)13(17)18)6-9(16)3-4-11(15)14(19)20/h2,5,7,11H,3-4,6,15H2,1H3,(H,17,18)(H,19,20)/t11-/m0/s1. The Morgan fingerprint density at radius 2 is 1.95 bits per heavy atom. The summed E-state index contributed by atoms with van der Waals surface area (Å²) >= 11 is 0. The number of hydrogen-bond acceptors (Lipinski definition) is 5. The molecule has 0 heterocycles. The molecule has 21 heavy (non-hydrogen) atoms. The van der Waals surface area contributed by atoms with Crippen LogP contribution in [0.2, 0.25) is 0 Å². The van der Waals surface area contributed by atoms with Crippen LogP contribution in [0.25, 0.3) is 0 Å². The van der Waals surface area contributed by atoms with Crippen LogP contribution in [0.1, 0.15) is 28.8 Å². The van der Waals surface area contributed by atoms with Crippen molar-refractivity contribution in [1.82, 2.24) is 0 Å². The molecule has 114 valence electrons. The summed E-state index contributed by atoms with van der Waals surface area (Å²) in [6.07, 6.45) is 0.106. The zero-order chi connectivity index (χ0) is 16.0. The quantitative estimate of drug-likeness (QED) is 0.644. The van der Waals surface area contributed by atoms with Gasteiger partial charge in [0.25, 0.3) is 0 Å². The van der Waals surface area contributed by atoms with E-state index >= 15 is 0 Å². The van der Waals surface area contributed by atoms with Crippen molar-refractivity contribution in [3.8, 4) is 5.75 Å². The molecular formula is C14H17NO6. The maximum Gasteiger partial charge on any atom is 0.339 e. The number of methoxy groups -OCH3 is 1. The van der Waals surface area contributed by atoms with Crippen molar-refractivity contribution >= 4 is 17.7 Å². The Balaban J connectivity index is 2.70. The lowest BCUT2D eigenvalue weighted by Gasteiger charge is -2.08. The summed E-state index contributed by atoms with van der Waals surface area (Å²) in [6, 6.07) is 3.38. The van der Waals surface area contributed by atoms with E-state index in [0.29, 0.717) is 5.56 Å². The highest BCUT2D eigenvalue weighted by molar-refractivity contribution is 5.91. The Morgan fingerprint density at radius 1 is 1.29 bits per heavy atom. The van der Waals surface area contributed by atoms with E-state index < -0.39 is 18.0 Å². The van der Waals surface area contributed by atoms with Crippen LogP contribution in [-0.4, -0.2) is 41.1 Å². The van der Waals surface area contributed by atoms with Crippen LogP contribution in [-0.2, 0) is 16.0 Å². The maximum absolute atomic E-state index is 11.7. The van der Waals surface area contributed by atoms with E-state index in [1.807, 2.05) is 0 Å². The van der Waals surface area contributed by atoms with E-state index in [0.717, 1.165) is 0 Å². The number of ether oxygens (including phenoxy) is 1. The first-order valence-electron chi connectivity index (χ1n) is 6.25. The third-order valence-electron chi connectivity index (χ3n) is 2.95. The summed E-state index contributed by atoms with van der Waals surface area (Å²) in [5.41, 5.74) is 5.82. The summed E-state index contributed by atoms with van der Waals surface area (Å²) in [5, 5.41) is 17.7. The molecule has 0 aliphatic heterocycles. The highest BCUT2D eigenvalue weighted by Gasteiger charge is 2.16. The summed E-state index contributed by atoms with van der Waals surface area (Å²) in [5.74, 6) is -2.28. The third-order valence-corrected chi connectivity index (χ3v) is 2.95. The van der Waals surface area contributed by atoms with Gasteiger partial charge >= 0.3 is 11.9 Å². The number of aliphatic carboxylic acids is 1. The number of Topliss-reactive ketones (excluding diaryl/α,β-unsaturated/α-hetero) is 1. The fourth-order valence-electron chi connectivity index (χ4n) is 1.79. The molecule has 0 fully saturated rings. The monoisotopic (exact) mass is 295 g/mol. The molecule has 0 aliphatic rings. The van der Waals surface area contributed by atoms with Crippen molar-refractivity contribution in [3.05, 3.63) is 29.3 Å². The minimum absolute atomic E-state index is 0.0231. The van der Waals surface area contributed by atoms with Gasteiger partial charge in [-0.3, -0.25) is 9.59 Å². The van der Waals surface area contributed by atoms with Gasteiger partial charge in [0, 0.05) is 12.8 Å². The number of rotatable bonds is 8. The van der Waals surface area contributed by atoms with Crippen molar-refractivity contribution in [2.45, 2.75) is 25.3 Å². The molecule has 7 nitrogen and oxygen atoms in total. The number of aromatic carboxylic acids is 1. The predicted molar refractivity (Wildman–Crippen MR) is 73.5 cm³/mol.